The van der Waals surface area contributed by atoms with E-state index in [1.807, 2.05) is 13.8 Å². The fourth-order valence-electron chi connectivity index (χ4n) is 1.42. The van der Waals surface area contributed by atoms with Gasteiger partial charge in [-0.15, -0.1) is 0 Å². The van der Waals surface area contributed by atoms with Gasteiger partial charge in [0.2, 0.25) is 0 Å². The van der Waals surface area contributed by atoms with Crippen LogP contribution in [0, 0.1) is 20.8 Å². The SMILES string of the molecule is C=C(C)c1cc(C)c(C)cc1C.CC. The van der Waals surface area contributed by atoms with Crippen LogP contribution in [0.2, 0.25) is 0 Å². The molecule has 0 saturated heterocycles. The lowest BCUT2D eigenvalue weighted by atomic mass is 9.97. The van der Waals surface area contributed by atoms with Gasteiger partial charge in [0.1, 0.15) is 0 Å². The average Bonchev–Trinajstić information content (AvgIpc) is 2.14. The summed E-state index contributed by atoms with van der Waals surface area (Å²) in [4.78, 5) is 0. The Bertz CT molecular complexity index is 319. The van der Waals surface area contributed by atoms with Gasteiger partial charge < -0.3 is 0 Å². The smallest absolute Gasteiger partial charge is 0.0201 e. The lowest BCUT2D eigenvalue weighted by Gasteiger charge is -2.08. The number of hydrogen-bond donors (Lipinski definition) is 0. The molecule has 0 radical (unpaired) electrons. The second-order valence-corrected chi connectivity index (χ2v) is 3.53. The molecule has 0 aliphatic carbocycles. The van der Waals surface area contributed by atoms with Crippen molar-refractivity contribution in [1.29, 1.82) is 0 Å². The lowest BCUT2D eigenvalue weighted by molar-refractivity contribution is 1.28. The van der Waals surface area contributed by atoms with Crippen molar-refractivity contribution in [3.8, 4) is 0 Å². The maximum atomic E-state index is 3.96. The summed E-state index contributed by atoms with van der Waals surface area (Å²) in [6.45, 7) is 16.4. The Kier molecular flexibility index (Phi) is 5.22. The Labute approximate surface area is 88.7 Å². The van der Waals surface area contributed by atoms with Crippen LogP contribution >= 0.6 is 0 Å². The van der Waals surface area contributed by atoms with Crippen LogP contribution in [0.3, 0.4) is 0 Å². The van der Waals surface area contributed by atoms with Gasteiger partial charge >= 0.3 is 0 Å². The van der Waals surface area contributed by atoms with Gasteiger partial charge in [0.05, 0.1) is 0 Å². The first-order valence-electron chi connectivity index (χ1n) is 5.26. The third-order valence-electron chi connectivity index (χ3n) is 2.30. The number of hydrogen-bond acceptors (Lipinski definition) is 0. The predicted molar refractivity (Wildman–Crippen MR) is 66.7 cm³/mol. The highest BCUT2D eigenvalue weighted by atomic mass is 14.1. The van der Waals surface area contributed by atoms with Crippen LogP contribution in [0.25, 0.3) is 5.57 Å². The van der Waals surface area contributed by atoms with Crippen molar-refractivity contribution in [2.45, 2.75) is 41.5 Å². The molecule has 0 fully saturated rings. The first-order chi connectivity index (χ1) is 6.52. The molecule has 14 heavy (non-hydrogen) atoms. The molecule has 0 aliphatic rings. The zero-order valence-corrected chi connectivity index (χ0v) is 10.4. The molecule has 0 bridgehead atoms. The Hall–Kier alpha value is -1.04. The van der Waals surface area contributed by atoms with Crippen LogP contribution in [0.15, 0.2) is 18.7 Å². The molecule has 0 N–H and O–H groups in total. The first-order valence-corrected chi connectivity index (χ1v) is 5.26. The van der Waals surface area contributed by atoms with Crippen molar-refractivity contribution >= 4 is 5.57 Å². The van der Waals surface area contributed by atoms with Crippen molar-refractivity contribution < 1.29 is 0 Å². The Morgan fingerprint density at radius 3 is 1.79 bits per heavy atom. The molecular formula is C14H22. The van der Waals surface area contributed by atoms with Crippen LogP contribution in [-0.2, 0) is 0 Å². The molecule has 0 heteroatoms. The quantitative estimate of drug-likeness (QED) is 0.603. The van der Waals surface area contributed by atoms with E-state index in [2.05, 4.69) is 46.4 Å². The van der Waals surface area contributed by atoms with Gasteiger partial charge in [-0.1, -0.05) is 38.1 Å². The minimum atomic E-state index is 1.15. The molecule has 0 atom stereocenters. The van der Waals surface area contributed by atoms with Crippen molar-refractivity contribution in [3.63, 3.8) is 0 Å². The predicted octanol–water partition coefficient (Wildman–Crippen LogP) is 4.67. The van der Waals surface area contributed by atoms with Crippen LogP contribution in [0.1, 0.15) is 43.0 Å². The summed E-state index contributed by atoms with van der Waals surface area (Å²) >= 11 is 0. The number of rotatable bonds is 1. The summed E-state index contributed by atoms with van der Waals surface area (Å²) in [5.74, 6) is 0. The number of benzene rings is 1. The zero-order valence-electron chi connectivity index (χ0n) is 10.4. The number of aryl methyl sites for hydroxylation is 3. The topological polar surface area (TPSA) is 0 Å². The van der Waals surface area contributed by atoms with E-state index in [-0.39, 0.29) is 0 Å². The van der Waals surface area contributed by atoms with E-state index < -0.39 is 0 Å². The van der Waals surface area contributed by atoms with Gasteiger partial charge in [0.15, 0.2) is 0 Å². The molecule has 0 aromatic heterocycles. The Morgan fingerprint density at radius 2 is 1.36 bits per heavy atom. The van der Waals surface area contributed by atoms with E-state index in [0.29, 0.717) is 0 Å². The second-order valence-electron chi connectivity index (χ2n) is 3.53. The van der Waals surface area contributed by atoms with E-state index >= 15 is 0 Å². The van der Waals surface area contributed by atoms with E-state index in [0.717, 1.165) is 5.57 Å². The summed E-state index contributed by atoms with van der Waals surface area (Å²) in [6, 6.07) is 4.44. The maximum absolute atomic E-state index is 3.96. The third kappa shape index (κ3) is 3.02. The molecule has 0 aliphatic heterocycles. The molecule has 0 heterocycles. The van der Waals surface area contributed by atoms with Gasteiger partial charge in [0, 0.05) is 0 Å². The fourth-order valence-corrected chi connectivity index (χ4v) is 1.42. The van der Waals surface area contributed by atoms with Crippen molar-refractivity contribution in [3.05, 3.63) is 41.0 Å². The fraction of sp³-hybridized carbons (Fsp3) is 0.429. The molecule has 78 valence electrons. The third-order valence-corrected chi connectivity index (χ3v) is 2.30. The van der Waals surface area contributed by atoms with Gasteiger partial charge in [-0.05, 0) is 49.9 Å². The maximum Gasteiger partial charge on any atom is -0.0201 e. The standard InChI is InChI=1S/C12H16.C2H6/c1-8(2)12-7-10(4)9(3)6-11(12)5;1-2/h6-7H,1H2,2-5H3;1-2H3. The second kappa shape index (κ2) is 5.64. The minimum absolute atomic E-state index is 1.15. The number of allylic oxidation sites excluding steroid dienone is 1. The average molecular weight is 190 g/mol. The first kappa shape index (κ1) is 13.0. The van der Waals surface area contributed by atoms with Gasteiger partial charge in [-0.25, -0.2) is 0 Å². The van der Waals surface area contributed by atoms with Crippen LogP contribution in [0.4, 0.5) is 0 Å². The highest BCUT2D eigenvalue weighted by Crippen LogP contribution is 2.20. The summed E-state index contributed by atoms with van der Waals surface area (Å²) in [7, 11) is 0. The molecule has 0 saturated carbocycles. The van der Waals surface area contributed by atoms with Crippen molar-refractivity contribution in [1.82, 2.24) is 0 Å². The normalized spacial score (nSPS) is 9.00. The van der Waals surface area contributed by atoms with Gasteiger partial charge in [-0.2, -0.15) is 0 Å². The highest BCUT2D eigenvalue weighted by molar-refractivity contribution is 5.65. The van der Waals surface area contributed by atoms with Gasteiger partial charge in [-0.3, -0.25) is 0 Å². The van der Waals surface area contributed by atoms with E-state index in [9.17, 15) is 0 Å². The summed E-state index contributed by atoms with van der Waals surface area (Å²) in [5, 5.41) is 0. The summed E-state index contributed by atoms with van der Waals surface area (Å²) in [6.07, 6.45) is 0. The molecule has 0 spiro atoms. The Morgan fingerprint density at radius 1 is 0.929 bits per heavy atom. The van der Waals surface area contributed by atoms with Gasteiger partial charge in [0.25, 0.3) is 0 Å². The van der Waals surface area contributed by atoms with Crippen LogP contribution in [-0.4, -0.2) is 0 Å². The molecule has 0 nitrogen and oxygen atoms in total. The van der Waals surface area contributed by atoms with E-state index in [1.54, 1.807) is 0 Å². The van der Waals surface area contributed by atoms with Crippen molar-refractivity contribution in [2.24, 2.45) is 0 Å². The Balaban J connectivity index is 0.000000791. The highest BCUT2D eigenvalue weighted by Gasteiger charge is 2.01. The van der Waals surface area contributed by atoms with Crippen LogP contribution < -0.4 is 0 Å². The van der Waals surface area contributed by atoms with Crippen LogP contribution in [0.5, 0.6) is 0 Å². The lowest BCUT2D eigenvalue weighted by Crippen LogP contribution is -1.89. The minimum Gasteiger partial charge on any atom is -0.0955 e. The van der Waals surface area contributed by atoms with Crippen molar-refractivity contribution in [2.75, 3.05) is 0 Å². The van der Waals surface area contributed by atoms with E-state index in [4.69, 9.17) is 0 Å². The monoisotopic (exact) mass is 190 g/mol. The van der Waals surface area contributed by atoms with E-state index in [1.165, 1.54) is 22.3 Å². The molecule has 0 amide bonds. The summed E-state index contributed by atoms with van der Waals surface area (Å²) < 4.78 is 0. The molecule has 1 aromatic carbocycles. The largest absolute Gasteiger partial charge is 0.0955 e. The zero-order chi connectivity index (χ0) is 11.3. The summed E-state index contributed by atoms with van der Waals surface area (Å²) in [5.41, 5.74) is 6.47. The molecule has 1 rings (SSSR count). The molecule has 0 unspecified atom stereocenters. The molecule has 1 aromatic rings. The molecular weight excluding hydrogens is 168 g/mol.